The number of rotatable bonds is 5. The second-order valence-corrected chi connectivity index (χ2v) is 10.0. The topological polar surface area (TPSA) is 100 Å². The number of fused-ring (bicyclic) bond motifs is 1. The molecule has 8 nitrogen and oxygen atoms in total. The Kier molecular flexibility index (Phi) is 9.85. The van der Waals surface area contributed by atoms with Crippen LogP contribution >= 0.6 is 0 Å². The van der Waals surface area contributed by atoms with Crippen molar-refractivity contribution in [3.05, 3.63) is 53.3 Å². The first-order valence-corrected chi connectivity index (χ1v) is 12.7. The second-order valence-electron chi connectivity index (χ2n) is 10.0. The summed E-state index contributed by atoms with van der Waals surface area (Å²) in [4.78, 5) is 23.8. The van der Waals surface area contributed by atoms with E-state index < -0.39 is 41.4 Å². The van der Waals surface area contributed by atoms with Crippen LogP contribution in [0.25, 0.3) is 0 Å². The third-order valence-corrected chi connectivity index (χ3v) is 7.60. The van der Waals surface area contributed by atoms with E-state index >= 15 is 0 Å². The van der Waals surface area contributed by atoms with Crippen molar-refractivity contribution in [1.29, 1.82) is 0 Å². The van der Waals surface area contributed by atoms with E-state index in [-0.39, 0.29) is 17.5 Å². The monoisotopic (exact) mass is 609 g/mol. The predicted octanol–water partition coefficient (Wildman–Crippen LogP) is 5.81. The van der Waals surface area contributed by atoms with Gasteiger partial charge in [-0.2, -0.15) is 26.3 Å². The fourth-order valence-corrected chi connectivity index (χ4v) is 5.60. The van der Waals surface area contributed by atoms with Crippen LogP contribution in [0.1, 0.15) is 36.8 Å². The summed E-state index contributed by atoms with van der Waals surface area (Å²) >= 11 is 0. The van der Waals surface area contributed by atoms with Gasteiger partial charge in [-0.05, 0) is 75.2 Å². The maximum Gasteiger partial charge on any atom is 0.490 e. The number of likely N-dealkylation sites (tertiary alicyclic amines) is 1. The van der Waals surface area contributed by atoms with Gasteiger partial charge in [0.05, 0.1) is 25.5 Å². The number of likely N-dealkylation sites (N-methyl/N-ethyl adjacent to an activating group) is 1. The van der Waals surface area contributed by atoms with Crippen molar-refractivity contribution in [2.24, 2.45) is 0 Å². The smallest absolute Gasteiger partial charge is 0.490 e. The molecule has 1 saturated heterocycles. The molecule has 2 aliphatic rings. The van der Waals surface area contributed by atoms with Gasteiger partial charge in [-0.1, -0.05) is 6.07 Å². The Morgan fingerprint density at radius 3 is 2.21 bits per heavy atom. The average molecular weight is 610 g/mol. The van der Waals surface area contributed by atoms with Crippen molar-refractivity contribution in [3.8, 4) is 11.5 Å². The number of halogens is 7. The highest BCUT2D eigenvalue weighted by molar-refractivity contribution is 5.90. The molecule has 1 heterocycles. The van der Waals surface area contributed by atoms with Crippen molar-refractivity contribution in [2.75, 3.05) is 33.1 Å². The summed E-state index contributed by atoms with van der Waals surface area (Å²) in [7, 11) is 5.24. The van der Waals surface area contributed by atoms with Crippen LogP contribution in [0, 0.1) is 5.82 Å². The molecule has 0 radical (unpaired) electrons. The van der Waals surface area contributed by atoms with Crippen LogP contribution in [0.4, 0.5) is 41.2 Å². The molecule has 0 unspecified atom stereocenters. The summed E-state index contributed by atoms with van der Waals surface area (Å²) in [6.45, 7) is 0.891. The highest BCUT2D eigenvalue weighted by Crippen LogP contribution is 2.50. The molecule has 2 aromatic rings. The van der Waals surface area contributed by atoms with Gasteiger partial charge in [-0.3, -0.25) is 0 Å². The van der Waals surface area contributed by atoms with Crippen LogP contribution in [-0.2, 0) is 16.4 Å². The van der Waals surface area contributed by atoms with Crippen molar-refractivity contribution in [3.63, 3.8) is 0 Å². The number of ether oxygens (including phenoxy) is 2. The molecule has 0 bridgehead atoms. The first kappa shape index (κ1) is 32.8. The molecule has 1 aliphatic carbocycles. The largest absolute Gasteiger partial charge is 0.493 e. The van der Waals surface area contributed by atoms with E-state index in [2.05, 4.69) is 21.6 Å². The lowest BCUT2D eigenvalue weighted by Crippen LogP contribution is -2.52. The molecule has 1 aliphatic heterocycles. The second kappa shape index (κ2) is 12.6. The van der Waals surface area contributed by atoms with Crippen LogP contribution in [0.5, 0.6) is 11.5 Å². The molecule has 0 aromatic heterocycles. The summed E-state index contributed by atoms with van der Waals surface area (Å²) < 4.78 is 95.8. The van der Waals surface area contributed by atoms with E-state index in [0.29, 0.717) is 30.4 Å². The van der Waals surface area contributed by atoms with Crippen molar-refractivity contribution >= 4 is 17.7 Å². The number of urea groups is 1. The van der Waals surface area contributed by atoms with Gasteiger partial charge in [0.2, 0.25) is 0 Å². The molecule has 2 fully saturated rings. The minimum atomic E-state index is -5.08. The quantitative estimate of drug-likeness (QED) is 0.370. The van der Waals surface area contributed by atoms with E-state index in [1.165, 1.54) is 0 Å². The first-order valence-electron chi connectivity index (χ1n) is 12.7. The molecule has 1 saturated carbocycles. The van der Waals surface area contributed by atoms with Gasteiger partial charge in [0.1, 0.15) is 5.82 Å². The first-order chi connectivity index (χ1) is 19.5. The molecular formula is C27H30F7N3O5. The number of alkyl halides is 6. The number of anilines is 1. The summed E-state index contributed by atoms with van der Waals surface area (Å²) in [5.74, 6) is -2.47. The number of aliphatic carboxylic acids is 1. The zero-order chi connectivity index (χ0) is 31.5. The Morgan fingerprint density at radius 2 is 1.64 bits per heavy atom. The Balaban J connectivity index is 0.000000616. The molecule has 3 atom stereocenters. The predicted molar refractivity (Wildman–Crippen MR) is 137 cm³/mol. The van der Waals surface area contributed by atoms with E-state index in [1.54, 1.807) is 14.2 Å². The highest BCUT2D eigenvalue weighted by atomic mass is 19.4. The number of nitrogens with one attached hydrogen (secondary N) is 2. The maximum atomic E-state index is 13.4. The zero-order valence-electron chi connectivity index (χ0n) is 22.8. The molecular weight excluding hydrogens is 579 g/mol. The number of carbonyl (C=O) groups excluding carboxylic acids is 1. The van der Waals surface area contributed by atoms with Gasteiger partial charge in [-0.15, -0.1) is 0 Å². The lowest BCUT2D eigenvalue weighted by molar-refractivity contribution is -0.192. The Hall–Kier alpha value is -3.75. The molecule has 3 N–H and O–H groups in total. The minimum absolute atomic E-state index is 0.122. The van der Waals surface area contributed by atoms with Crippen LogP contribution < -0.4 is 20.1 Å². The third kappa shape index (κ3) is 7.36. The lowest BCUT2D eigenvalue weighted by atomic mass is 9.65. The van der Waals surface area contributed by atoms with Crippen molar-refractivity contribution in [1.82, 2.24) is 10.2 Å². The van der Waals surface area contributed by atoms with Gasteiger partial charge in [0.15, 0.2) is 11.5 Å². The van der Waals surface area contributed by atoms with Crippen LogP contribution in [-0.4, -0.2) is 68.1 Å². The number of nitrogens with zero attached hydrogens (tertiary/aromatic N) is 1. The van der Waals surface area contributed by atoms with Gasteiger partial charge < -0.3 is 30.1 Å². The number of carboxylic acid groups (broad SMARTS) is 1. The molecule has 4 rings (SSSR count). The number of hydrogen-bond acceptors (Lipinski definition) is 5. The number of amides is 2. The van der Waals surface area contributed by atoms with Gasteiger partial charge in [0, 0.05) is 17.5 Å². The Labute approximate surface area is 236 Å². The van der Waals surface area contributed by atoms with Crippen LogP contribution in [0.2, 0.25) is 0 Å². The van der Waals surface area contributed by atoms with Crippen molar-refractivity contribution in [2.45, 2.75) is 55.5 Å². The van der Waals surface area contributed by atoms with E-state index in [0.717, 1.165) is 37.1 Å². The normalized spacial score (nSPS) is 22.3. The molecule has 15 heteroatoms. The molecule has 232 valence electrons. The van der Waals surface area contributed by atoms with E-state index in [1.807, 2.05) is 19.2 Å². The Morgan fingerprint density at radius 1 is 1.00 bits per heavy atom. The SMILES string of the molecule is COc1ccc([C@@]23CC[C@@H](NC(=O)Nc4ccc(F)cc4C(F)(F)F)C[C@@H]2N(C)CC3)cc1OC.O=C(O)C(F)(F)F. The maximum absolute atomic E-state index is 13.4. The van der Waals surface area contributed by atoms with E-state index in [4.69, 9.17) is 19.4 Å². The molecule has 2 amide bonds. The Bertz CT molecular complexity index is 1290. The summed E-state index contributed by atoms with van der Waals surface area (Å²) in [5, 5.41) is 12.2. The summed E-state index contributed by atoms with van der Waals surface area (Å²) in [5.41, 5.74) is -0.679. The highest BCUT2D eigenvalue weighted by Gasteiger charge is 2.50. The average Bonchev–Trinajstić information content (AvgIpc) is 3.25. The van der Waals surface area contributed by atoms with Gasteiger partial charge >= 0.3 is 24.4 Å². The number of carboxylic acids is 1. The van der Waals surface area contributed by atoms with Crippen LogP contribution in [0.15, 0.2) is 36.4 Å². The molecule has 42 heavy (non-hydrogen) atoms. The fraction of sp³-hybridized carbons (Fsp3) is 0.481. The summed E-state index contributed by atoms with van der Waals surface area (Å²) in [6, 6.07) is 7.33. The number of hydrogen-bond donors (Lipinski definition) is 3. The van der Waals surface area contributed by atoms with Crippen molar-refractivity contribution < 1.29 is 54.9 Å². The molecule has 2 aromatic carbocycles. The standard InChI is InChI=1S/C25H29F4N3O3.C2HF3O2/c1-32-11-10-24(15-4-7-20(34-2)21(12-15)35-3)9-8-17(14-22(24)32)30-23(33)31-19-6-5-16(26)13-18(19)25(27,28)29;3-2(4,5)1(6)7/h4-7,12-13,17,22H,8-11,14H2,1-3H3,(H2,30,31,33);(H,6,7)/t17-,22+,24+;/m1./s1. The fourth-order valence-electron chi connectivity index (χ4n) is 5.60. The minimum Gasteiger partial charge on any atom is -0.493 e. The van der Waals surface area contributed by atoms with Crippen LogP contribution in [0.3, 0.4) is 0 Å². The molecule has 0 spiro atoms. The number of methoxy groups -OCH3 is 2. The van der Waals surface area contributed by atoms with Gasteiger partial charge in [-0.25, -0.2) is 14.0 Å². The van der Waals surface area contributed by atoms with Gasteiger partial charge in [0.25, 0.3) is 0 Å². The van der Waals surface area contributed by atoms with E-state index in [9.17, 15) is 35.5 Å². The lowest BCUT2D eigenvalue weighted by Gasteiger charge is -2.45. The third-order valence-electron chi connectivity index (χ3n) is 7.60. The summed E-state index contributed by atoms with van der Waals surface area (Å²) in [6.07, 6.45) is -6.81. The number of carbonyl (C=O) groups is 2. The number of benzene rings is 2. The zero-order valence-corrected chi connectivity index (χ0v) is 22.8.